The van der Waals surface area contributed by atoms with Crippen LogP contribution >= 0.6 is 0 Å². The molecule has 2 saturated carbocycles. The van der Waals surface area contributed by atoms with Gasteiger partial charge in [-0.3, -0.25) is 4.79 Å². The van der Waals surface area contributed by atoms with Gasteiger partial charge >= 0.3 is 5.97 Å². The molecule has 5 aliphatic rings. The first-order chi connectivity index (χ1) is 13.4. The molecule has 5 N–H and O–H groups in total. The summed E-state index contributed by atoms with van der Waals surface area (Å²) in [6.45, 7) is 6.62. The normalized spacial score (nSPS) is 58.3. The van der Waals surface area contributed by atoms with Crippen LogP contribution in [0.4, 0.5) is 0 Å². The number of ketones is 1. The van der Waals surface area contributed by atoms with Crippen LogP contribution < -0.4 is 0 Å². The van der Waals surface area contributed by atoms with Crippen molar-refractivity contribution < 1.29 is 44.6 Å². The third-order valence-corrected chi connectivity index (χ3v) is 8.44. The number of rotatable bonds is 0. The summed E-state index contributed by atoms with van der Waals surface area (Å²) in [7, 11) is 0. The lowest BCUT2D eigenvalue weighted by atomic mass is 9.37. The zero-order chi connectivity index (χ0) is 21.3. The summed E-state index contributed by atoms with van der Waals surface area (Å²) in [5.74, 6) is -5.66. The van der Waals surface area contributed by atoms with E-state index in [2.05, 4.69) is 6.58 Å². The Morgan fingerprint density at radius 1 is 1.14 bits per heavy atom. The van der Waals surface area contributed by atoms with Gasteiger partial charge in [-0.2, -0.15) is 0 Å². The predicted octanol–water partition coefficient (Wildman–Crippen LogP) is -1.83. The Kier molecular flexibility index (Phi) is 3.44. The molecule has 2 bridgehead atoms. The maximum absolute atomic E-state index is 12.5. The van der Waals surface area contributed by atoms with Gasteiger partial charge in [0.05, 0.1) is 12.0 Å². The quantitative estimate of drug-likeness (QED) is 0.230. The lowest BCUT2D eigenvalue weighted by molar-refractivity contribution is -0.337. The number of carbonyl (C=O) groups excluding carboxylic acids is 2. The molecule has 10 atom stereocenters. The van der Waals surface area contributed by atoms with Gasteiger partial charge in [-0.25, -0.2) is 4.79 Å². The van der Waals surface area contributed by atoms with Gasteiger partial charge in [0.15, 0.2) is 11.9 Å². The molecule has 2 heterocycles. The highest BCUT2D eigenvalue weighted by atomic mass is 16.7. The highest BCUT2D eigenvalue weighted by Crippen LogP contribution is 2.74. The highest BCUT2D eigenvalue weighted by molar-refractivity contribution is 5.96. The number of allylic oxidation sites excluding steroid dienone is 1. The summed E-state index contributed by atoms with van der Waals surface area (Å²) in [5.41, 5.74) is -5.06. The molecule has 3 aliphatic carbocycles. The number of fused-ring (bicyclic) bond motifs is 1. The Balaban J connectivity index is 1.85. The minimum absolute atomic E-state index is 0.142. The molecule has 0 aromatic heterocycles. The van der Waals surface area contributed by atoms with Crippen LogP contribution in [-0.4, -0.2) is 79.7 Å². The molecule has 0 radical (unpaired) electrons. The molecule has 0 aromatic rings. The summed E-state index contributed by atoms with van der Waals surface area (Å²) in [6, 6.07) is 0. The van der Waals surface area contributed by atoms with Crippen molar-refractivity contribution in [2.24, 2.45) is 22.7 Å². The SMILES string of the molecule is C=C1[C@@H](O)[C@@]2(O)OC[C@@]34[C@H]2[C@@]2(C)[C@H](O)C(=O)C=C(C)[C@H]2C[C@H]3OC(=O)[C@@H](O)[C@@]14O. The average Bonchev–Trinajstić information content (AvgIpc) is 2.98. The van der Waals surface area contributed by atoms with Crippen LogP contribution in [0.1, 0.15) is 20.3 Å². The number of aliphatic hydroxyl groups excluding tert-OH is 3. The monoisotopic (exact) mass is 408 g/mol. The summed E-state index contributed by atoms with van der Waals surface area (Å²) in [6.07, 6.45) is -5.01. The first kappa shape index (κ1) is 19.3. The Hall–Kier alpha value is -1.62. The predicted molar refractivity (Wildman–Crippen MR) is 93.8 cm³/mol. The Bertz CT molecular complexity index is 896. The molecule has 0 amide bonds. The van der Waals surface area contributed by atoms with Gasteiger partial charge in [0.1, 0.15) is 23.9 Å². The Morgan fingerprint density at radius 3 is 2.45 bits per heavy atom. The van der Waals surface area contributed by atoms with E-state index in [0.717, 1.165) is 0 Å². The number of esters is 1. The Labute approximate surface area is 166 Å². The first-order valence-electron chi connectivity index (χ1n) is 9.63. The maximum atomic E-state index is 12.5. The lowest BCUT2D eigenvalue weighted by Gasteiger charge is -2.69. The molecule has 0 unspecified atom stereocenters. The largest absolute Gasteiger partial charge is 0.460 e. The van der Waals surface area contributed by atoms with Crippen molar-refractivity contribution in [2.45, 2.75) is 56.1 Å². The van der Waals surface area contributed by atoms with E-state index < -0.39 is 70.2 Å². The molecular weight excluding hydrogens is 384 g/mol. The van der Waals surface area contributed by atoms with Crippen molar-refractivity contribution >= 4 is 11.8 Å². The lowest BCUT2D eigenvalue weighted by Crippen LogP contribution is -2.82. The van der Waals surface area contributed by atoms with Crippen molar-refractivity contribution in [2.75, 3.05) is 6.61 Å². The van der Waals surface area contributed by atoms with Crippen LogP contribution in [0, 0.1) is 22.7 Å². The first-order valence-corrected chi connectivity index (χ1v) is 9.63. The molecule has 29 heavy (non-hydrogen) atoms. The molecule has 158 valence electrons. The fraction of sp³-hybridized carbons (Fsp3) is 0.700. The number of carbonyl (C=O) groups is 2. The van der Waals surface area contributed by atoms with E-state index in [0.29, 0.717) is 5.57 Å². The van der Waals surface area contributed by atoms with E-state index in [-0.39, 0.29) is 18.6 Å². The van der Waals surface area contributed by atoms with Gasteiger partial charge in [0, 0.05) is 11.3 Å². The van der Waals surface area contributed by atoms with E-state index in [4.69, 9.17) is 9.47 Å². The van der Waals surface area contributed by atoms with E-state index >= 15 is 0 Å². The molecule has 9 nitrogen and oxygen atoms in total. The van der Waals surface area contributed by atoms with E-state index in [1.165, 1.54) is 6.08 Å². The van der Waals surface area contributed by atoms with Crippen LogP contribution in [0.5, 0.6) is 0 Å². The minimum atomic E-state index is -2.37. The zero-order valence-corrected chi connectivity index (χ0v) is 16.0. The smallest absolute Gasteiger partial charge is 0.338 e. The van der Waals surface area contributed by atoms with Gasteiger partial charge in [-0.05, 0) is 30.9 Å². The van der Waals surface area contributed by atoms with Crippen LogP contribution in [0.15, 0.2) is 23.8 Å². The molecule has 5 rings (SSSR count). The second-order valence-electron chi connectivity index (χ2n) is 9.38. The van der Waals surface area contributed by atoms with Gasteiger partial charge < -0.3 is 35.0 Å². The number of aliphatic hydroxyl groups is 5. The van der Waals surface area contributed by atoms with E-state index in [1.807, 2.05) is 0 Å². The number of hydrogen-bond donors (Lipinski definition) is 5. The maximum Gasteiger partial charge on any atom is 0.338 e. The highest BCUT2D eigenvalue weighted by Gasteiger charge is 2.87. The second kappa shape index (κ2) is 5.16. The van der Waals surface area contributed by atoms with Crippen LogP contribution in [0.3, 0.4) is 0 Å². The Morgan fingerprint density at radius 2 is 1.79 bits per heavy atom. The molecule has 0 aromatic carbocycles. The third-order valence-electron chi connectivity index (χ3n) is 8.44. The van der Waals surface area contributed by atoms with Crippen molar-refractivity contribution in [1.29, 1.82) is 0 Å². The fourth-order valence-corrected chi connectivity index (χ4v) is 7.19. The van der Waals surface area contributed by atoms with Crippen molar-refractivity contribution in [3.8, 4) is 0 Å². The van der Waals surface area contributed by atoms with Gasteiger partial charge in [0.25, 0.3) is 0 Å². The summed E-state index contributed by atoms with van der Waals surface area (Å²) >= 11 is 0. The molecule has 9 heteroatoms. The topological polar surface area (TPSA) is 154 Å². The van der Waals surface area contributed by atoms with Gasteiger partial charge in [0.2, 0.25) is 5.79 Å². The molecule has 4 fully saturated rings. The summed E-state index contributed by atoms with van der Waals surface area (Å²) in [4.78, 5) is 25.0. The van der Waals surface area contributed by atoms with Crippen LogP contribution in [0.2, 0.25) is 0 Å². The molecule has 2 saturated heterocycles. The molecule has 2 aliphatic heterocycles. The van der Waals surface area contributed by atoms with E-state index in [9.17, 15) is 35.1 Å². The summed E-state index contributed by atoms with van der Waals surface area (Å²) < 4.78 is 11.1. The van der Waals surface area contributed by atoms with Crippen molar-refractivity contribution in [3.63, 3.8) is 0 Å². The van der Waals surface area contributed by atoms with Crippen LogP contribution in [0.25, 0.3) is 0 Å². The van der Waals surface area contributed by atoms with Gasteiger partial charge in [-0.1, -0.05) is 19.1 Å². The van der Waals surface area contributed by atoms with E-state index in [1.54, 1.807) is 13.8 Å². The zero-order valence-electron chi connectivity index (χ0n) is 16.0. The molecule has 1 spiro atoms. The number of ether oxygens (including phenoxy) is 2. The standard InChI is InChI=1S/C20H24O9/c1-7-4-10(21)13(23)17(3)9(7)5-11-18-6-28-20(27,16(17)18)12(22)8(2)19(18,26)14(24)15(25)29-11/h4,9,11-14,16,22-24,26-27H,2,5-6H2,1,3H3/t9-,11-,12-,13-,14-,16-,17-,18+,19+,20-/m1/s1. The fourth-order valence-electron chi connectivity index (χ4n) is 7.19. The van der Waals surface area contributed by atoms with Crippen LogP contribution in [-0.2, 0) is 19.1 Å². The van der Waals surface area contributed by atoms with Gasteiger partial charge in [-0.15, -0.1) is 0 Å². The third kappa shape index (κ3) is 1.69. The second-order valence-corrected chi connectivity index (χ2v) is 9.38. The summed E-state index contributed by atoms with van der Waals surface area (Å²) in [5, 5.41) is 55.7. The number of hydrogen-bond acceptors (Lipinski definition) is 9. The minimum Gasteiger partial charge on any atom is -0.460 e. The average molecular weight is 408 g/mol. The van der Waals surface area contributed by atoms with Crippen molar-refractivity contribution in [3.05, 3.63) is 23.8 Å². The van der Waals surface area contributed by atoms with Crippen molar-refractivity contribution in [1.82, 2.24) is 0 Å². The molecular formula is C20H24O9.